The van der Waals surface area contributed by atoms with Gasteiger partial charge in [-0.3, -0.25) is 0 Å². The lowest BCUT2D eigenvalue weighted by molar-refractivity contribution is 0.00578. The van der Waals surface area contributed by atoms with Crippen molar-refractivity contribution in [1.29, 1.82) is 0 Å². The molecule has 0 saturated carbocycles. The molecular formula is C28H43BFN3O7S. The van der Waals surface area contributed by atoms with E-state index in [2.05, 4.69) is 4.99 Å². The normalized spacial score (nSPS) is 23.6. The Morgan fingerprint density at radius 3 is 1.90 bits per heavy atom. The number of imide groups is 1. The summed E-state index contributed by atoms with van der Waals surface area (Å²) in [5, 5.41) is 0. The number of aliphatic imine (C=N–C) groups is 1. The van der Waals surface area contributed by atoms with Gasteiger partial charge in [-0.1, -0.05) is 12.1 Å². The van der Waals surface area contributed by atoms with Gasteiger partial charge in [0, 0.05) is 5.56 Å². The molecule has 0 aliphatic carbocycles. The van der Waals surface area contributed by atoms with Gasteiger partial charge in [-0.15, -0.1) is 4.90 Å². The van der Waals surface area contributed by atoms with E-state index in [0.29, 0.717) is 10.4 Å². The third kappa shape index (κ3) is 6.84. The highest BCUT2D eigenvalue weighted by Crippen LogP contribution is 2.43. The summed E-state index contributed by atoms with van der Waals surface area (Å²) in [6.45, 7) is 20.9. The van der Waals surface area contributed by atoms with Crippen LogP contribution in [-0.4, -0.2) is 73.2 Å². The largest absolute Gasteiger partial charge is 0.592 e. The SMILES string of the molecule is CN1C(N(C(=O)OC(C)(C)C)C(=O)OC(C)(C)C)=NC(c2cc(B3OC(C)(C)C(C)(C)O3)ccc2F)C(C)(C)[S+]1[O-]. The summed E-state index contributed by atoms with van der Waals surface area (Å²) < 4.78 is 52.7. The average molecular weight is 596 g/mol. The van der Waals surface area contributed by atoms with Crippen LogP contribution in [0.2, 0.25) is 0 Å². The molecular weight excluding hydrogens is 552 g/mol. The topological polar surface area (TPSA) is 113 Å². The molecule has 0 aromatic heterocycles. The number of halogens is 1. The molecule has 0 N–H and O–H groups in total. The number of ether oxygens (including phenoxy) is 2. The molecule has 41 heavy (non-hydrogen) atoms. The first-order valence-electron chi connectivity index (χ1n) is 13.5. The van der Waals surface area contributed by atoms with Crippen molar-refractivity contribution in [2.75, 3.05) is 7.05 Å². The molecule has 2 atom stereocenters. The van der Waals surface area contributed by atoms with E-state index in [1.807, 2.05) is 27.7 Å². The summed E-state index contributed by atoms with van der Waals surface area (Å²) >= 11 is -1.88. The number of hydrogen-bond acceptors (Lipinski definition) is 9. The fraction of sp³-hybridized carbons (Fsp3) is 0.679. The third-order valence-corrected chi connectivity index (χ3v) is 8.86. The van der Waals surface area contributed by atoms with Crippen molar-refractivity contribution < 1.29 is 37.3 Å². The average Bonchev–Trinajstić information content (AvgIpc) is 2.99. The highest BCUT2D eigenvalue weighted by molar-refractivity contribution is 7.91. The van der Waals surface area contributed by atoms with Gasteiger partial charge >= 0.3 is 19.3 Å². The predicted octanol–water partition coefficient (Wildman–Crippen LogP) is 5.08. The molecule has 1 fully saturated rings. The second kappa shape index (κ2) is 10.7. The maximum Gasteiger partial charge on any atom is 0.494 e. The van der Waals surface area contributed by atoms with Crippen LogP contribution in [0.25, 0.3) is 0 Å². The van der Waals surface area contributed by atoms with Crippen LogP contribution in [-0.2, 0) is 30.1 Å². The number of carbonyl (C=O) groups excluding carboxylic acids is 2. The number of rotatable bonds is 2. The molecule has 0 bridgehead atoms. The Hall–Kier alpha value is -2.35. The molecule has 0 radical (unpaired) electrons. The lowest BCUT2D eigenvalue weighted by Gasteiger charge is -2.43. The molecule has 2 aliphatic heterocycles. The molecule has 0 spiro atoms. The zero-order valence-corrected chi connectivity index (χ0v) is 27.2. The van der Waals surface area contributed by atoms with Crippen LogP contribution in [0.4, 0.5) is 14.0 Å². The van der Waals surface area contributed by atoms with E-state index in [9.17, 15) is 14.1 Å². The van der Waals surface area contributed by atoms with E-state index < -0.39 is 69.7 Å². The smallest absolute Gasteiger partial charge is 0.494 e. The van der Waals surface area contributed by atoms with Gasteiger partial charge < -0.3 is 23.3 Å². The summed E-state index contributed by atoms with van der Waals surface area (Å²) in [6.07, 6.45) is -2.14. The van der Waals surface area contributed by atoms with Crippen LogP contribution in [0, 0.1) is 5.82 Å². The van der Waals surface area contributed by atoms with E-state index in [0.717, 1.165) is 0 Å². The number of benzene rings is 1. The van der Waals surface area contributed by atoms with Gasteiger partial charge in [-0.2, -0.15) is 4.31 Å². The van der Waals surface area contributed by atoms with Gasteiger partial charge in [-0.05, 0) is 94.6 Å². The third-order valence-electron chi connectivity index (χ3n) is 7.08. The van der Waals surface area contributed by atoms with Crippen molar-refractivity contribution in [3.8, 4) is 0 Å². The number of carbonyl (C=O) groups is 2. The number of nitrogens with zero attached hydrogens (tertiary/aromatic N) is 3. The maximum absolute atomic E-state index is 15.5. The van der Waals surface area contributed by atoms with Crippen molar-refractivity contribution in [1.82, 2.24) is 9.21 Å². The highest BCUT2D eigenvalue weighted by atomic mass is 32.2. The number of guanidine groups is 1. The summed E-state index contributed by atoms with van der Waals surface area (Å²) in [6, 6.07) is 3.34. The number of hydrogen-bond donors (Lipinski definition) is 0. The van der Waals surface area contributed by atoms with Crippen molar-refractivity contribution in [3.05, 3.63) is 29.6 Å². The number of amides is 2. The zero-order chi connectivity index (χ0) is 31.5. The van der Waals surface area contributed by atoms with Crippen LogP contribution in [0.3, 0.4) is 0 Å². The molecule has 2 aliphatic rings. The molecule has 228 valence electrons. The zero-order valence-electron chi connectivity index (χ0n) is 26.4. The van der Waals surface area contributed by atoms with Crippen LogP contribution in [0.15, 0.2) is 23.2 Å². The molecule has 2 amide bonds. The molecule has 13 heteroatoms. The second-order valence-electron chi connectivity index (χ2n) is 13.8. The van der Waals surface area contributed by atoms with Gasteiger partial charge in [-0.25, -0.2) is 19.0 Å². The molecule has 2 unspecified atom stereocenters. The minimum Gasteiger partial charge on any atom is -0.592 e. The quantitative estimate of drug-likeness (QED) is 0.344. The van der Waals surface area contributed by atoms with E-state index in [1.54, 1.807) is 67.5 Å². The molecule has 2 heterocycles. The lowest BCUT2D eigenvalue weighted by atomic mass is 9.77. The van der Waals surface area contributed by atoms with Crippen LogP contribution in [0.5, 0.6) is 0 Å². The summed E-state index contributed by atoms with van der Waals surface area (Å²) in [4.78, 5) is 32.0. The Labute approximate surface area is 246 Å². The Balaban J connectivity index is 2.17. The van der Waals surface area contributed by atoms with E-state index >= 15 is 4.39 Å². The minimum absolute atomic E-state index is 0.106. The minimum atomic E-state index is -1.88. The first-order chi connectivity index (χ1) is 18.4. The van der Waals surface area contributed by atoms with E-state index in [-0.39, 0.29) is 11.5 Å². The summed E-state index contributed by atoms with van der Waals surface area (Å²) in [5.74, 6) is -0.898. The van der Waals surface area contributed by atoms with Crippen LogP contribution >= 0.6 is 0 Å². The fourth-order valence-electron chi connectivity index (χ4n) is 4.27. The molecule has 1 saturated heterocycles. The van der Waals surface area contributed by atoms with Gasteiger partial charge in [0.15, 0.2) is 4.75 Å². The first-order valence-corrected chi connectivity index (χ1v) is 14.6. The highest BCUT2D eigenvalue weighted by Gasteiger charge is 2.55. The Morgan fingerprint density at radius 2 is 1.46 bits per heavy atom. The van der Waals surface area contributed by atoms with Gasteiger partial charge in [0.25, 0.3) is 5.96 Å². The fourth-order valence-corrected chi connectivity index (χ4v) is 5.62. The van der Waals surface area contributed by atoms with Crippen molar-refractivity contribution in [2.24, 2.45) is 4.99 Å². The lowest BCUT2D eigenvalue weighted by Crippen LogP contribution is -2.60. The molecule has 3 rings (SSSR count). The van der Waals surface area contributed by atoms with Crippen LogP contribution in [0.1, 0.15) is 94.7 Å². The van der Waals surface area contributed by atoms with E-state index in [1.165, 1.54) is 17.4 Å². The van der Waals surface area contributed by atoms with Gasteiger partial charge in [0.05, 0.1) is 29.6 Å². The van der Waals surface area contributed by atoms with Gasteiger partial charge in [0.1, 0.15) is 23.1 Å². The van der Waals surface area contributed by atoms with Gasteiger partial charge in [0.2, 0.25) is 0 Å². The predicted molar refractivity (Wildman–Crippen MR) is 157 cm³/mol. The monoisotopic (exact) mass is 595 g/mol. The first kappa shape index (κ1) is 33.2. The van der Waals surface area contributed by atoms with Crippen molar-refractivity contribution >= 4 is 42.1 Å². The Morgan fingerprint density at radius 1 is 1.00 bits per heavy atom. The Bertz CT molecular complexity index is 1180. The van der Waals surface area contributed by atoms with Crippen molar-refractivity contribution in [3.63, 3.8) is 0 Å². The van der Waals surface area contributed by atoms with Crippen molar-refractivity contribution in [2.45, 2.75) is 116 Å². The van der Waals surface area contributed by atoms with Crippen LogP contribution < -0.4 is 5.46 Å². The maximum atomic E-state index is 15.5. The molecule has 10 nitrogen and oxygen atoms in total. The Kier molecular flexibility index (Phi) is 8.68. The summed E-state index contributed by atoms with van der Waals surface area (Å²) in [7, 11) is 0.661. The summed E-state index contributed by atoms with van der Waals surface area (Å²) in [5.41, 5.74) is -2.51. The standard InChI is InChI=1S/C28H43BFN3O7S/c1-24(2,3)37-22(34)33(23(35)38-25(4,5)6)21-31-20(26(7,8)41(36)32(21)13)18-16-17(14-15-19(18)30)29-39-27(9,10)28(11,12)40-29/h14-16,20H,1-13H3. The van der Waals surface area contributed by atoms with E-state index in [4.69, 9.17) is 18.8 Å². The molecule has 1 aromatic carbocycles. The molecule has 1 aromatic rings. The second-order valence-corrected chi connectivity index (χ2v) is 15.9.